The van der Waals surface area contributed by atoms with Gasteiger partial charge in [0.15, 0.2) is 5.78 Å². The zero-order chi connectivity index (χ0) is 29.9. The lowest BCUT2D eigenvalue weighted by Gasteiger charge is -2.26. The molecule has 3 rings (SSSR count). The highest BCUT2D eigenvalue weighted by Crippen LogP contribution is 2.33. The topological polar surface area (TPSA) is 80.3 Å². The number of rotatable bonds is 18. The molecule has 1 aliphatic carbocycles. The quantitative estimate of drug-likeness (QED) is 0.116. The molecule has 2 aromatic rings. The minimum Gasteiger partial charge on any atom is -0.491 e. The lowest BCUT2D eigenvalue weighted by molar-refractivity contribution is -0.139. The molecule has 0 N–H and O–H groups in total. The maximum atomic E-state index is 10.9. The molecule has 0 radical (unpaired) electrons. The van der Waals surface area contributed by atoms with Gasteiger partial charge in [-0.2, -0.15) is 0 Å². The molecule has 0 bridgehead atoms. The summed E-state index contributed by atoms with van der Waals surface area (Å²) in [6.45, 7) is 16.5. The van der Waals surface area contributed by atoms with Crippen LogP contribution in [0.25, 0.3) is 0 Å². The highest BCUT2D eigenvalue weighted by Gasteiger charge is 2.23. The van der Waals surface area contributed by atoms with E-state index in [-0.39, 0.29) is 17.8 Å². The predicted molar refractivity (Wildman–Crippen MR) is 162 cm³/mol. The normalized spacial score (nSPS) is 12.8. The fourth-order valence-electron chi connectivity index (χ4n) is 4.01. The van der Waals surface area contributed by atoms with E-state index in [1.807, 2.05) is 24.3 Å². The van der Waals surface area contributed by atoms with Crippen LogP contribution in [0.1, 0.15) is 57.6 Å². The standard InChI is InChI=1S/C27H36O6.C7H10O/c1-5-15-29-16-19-31-24-11-7-22(8-12-24)27(3,4)23-9-13-25(14-10-23)32-20-17-30-18-21-33-26(28)6-2;1-2-7(8)6-4-3-5-6/h6-14H,2,5,15-21H2,1,3-4H3;2,6H,1,3-5H2. The minimum atomic E-state index is -0.449. The van der Waals surface area contributed by atoms with E-state index >= 15 is 0 Å². The number of allylic oxidation sites excluding steroid dienone is 1. The Bertz CT molecular complexity index is 1050. The molecule has 0 unspecified atom stereocenters. The third-order valence-electron chi connectivity index (χ3n) is 6.84. The molecule has 1 aliphatic rings. The summed E-state index contributed by atoms with van der Waals surface area (Å²) in [5.41, 5.74) is 2.24. The van der Waals surface area contributed by atoms with Crippen LogP contribution in [0.15, 0.2) is 73.8 Å². The Balaban J connectivity index is 0.000000629. The molecule has 7 nitrogen and oxygen atoms in total. The van der Waals surface area contributed by atoms with Gasteiger partial charge in [0.2, 0.25) is 0 Å². The van der Waals surface area contributed by atoms with Crippen molar-refractivity contribution in [3.05, 3.63) is 85.0 Å². The van der Waals surface area contributed by atoms with Crippen LogP contribution < -0.4 is 9.47 Å². The number of ether oxygens (including phenoxy) is 5. The second-order valence-corrected chi connectivity index (χ2v) is 10.2. The number of hydrogen-bond acceptors (Lipinski definition) is 7. The van der Waals surface area contributed by atoms with E-state index in [0.717, 1.165) is 43.4 Å². The molecule has 0 aliphatic heterocycles. The summed E-state index contributed by atoms with van der Waals surface area (Å²) >= 11 is 0. The van der Waals surface area contributed by atoms with Gasteiger partial charge in [0.25, 0.3) is 0 Å². The van der Waals surface area contributed by atoms with E-state index in [4.69, 9.17) is 23.7 Å². The van der Waals surface area contributed by atoms with E-state index in [1.54, 1.807) is 0 Å². The van der Waals surface area contributed by atoms with Crippen LogP contribution in [0.5, 0.6) is 11.5 Å². The van der Waals surface area contributed by atoms with Crippen LogP contribution in [0.2, 0.25) is 0 Å². The molecule has 0 heterocycles. The van der Waals surface area contributed by atoms with Gasteiger partial charge in [-0.15, -0.1) is 0 Å². The summed E-state index contributed by atoms with van der Waals surface area (Å²) in [5.74, 6) is 1.75. The molecule has 0 saturated heterocycles. The molecule has 1 saturated carbocycles. The van der Waals surface area contributed by atoms with Crippen LogP contribution in [0.3, 0.4) is 0 Å². The van der Waals surface area contributed by atoms with Crippen LogP contribution in [0, 0.1) is 5.92 Å². The molecule has 1 fully saturated rings. The Kier molecular flexibility index (Phi) is 15.5. The zero-order valence-electron chi connectivity index (χ0n) is 24.9. The zero-order valence-corrected chi connectivity index (χ0v) is 24.9. The number of hydrogen-bond donors (Lipinski definition) is 0. The van der Waals surface area contributed by atoms with Crippen molar-refractivity contribution < 1.29 is 33.3 Å². The Morgan fingerprint density at radius 1 is 0.756 bits per heavy atom. The minimum absolute atomic E-state index is 0.159. The van der Waals surface area contributed by atoms with Crippen molar-refractivity contribution in [1.82, 2.24) is 0 Å². The number of ketones is 1. The van der Waals surface area contributed by atoms with Gasteiger partial charge in [0, 0.05) is 24.0 Å². The molecule has 0 spiro atoms. The van der Waals surface area contributed by atoms with Crippen molar-refractivity contribution in [2.45, 2.75) is 51.9 Å². The van der Waals surface area contributed by atoms with Crippen LogP contribution in [-0.4, -0.2) is 58.0 Å². The number of benzene rings is 2. The fraction of sp³-hybridized carbons (Fsp3) is 0.471. The van der Waals surface area contributed by atoms with Gasteiger partial charge >= 0.3 is 5.97 Å². The third kappa shape index (κ3) is 12.3. The van der Waals surface area contributed by atoms with E-state index in [2.05, 4.69) is 58.2 Å². The average Bonchev–Trinajstić information content (AvgIpc) is 2.96. The van der Waals surface area contributed by atoms with E-state index in [1.165, 1.54) is 23.6 Å². The molecule has 7 heteroatoms. The van der Waals surface area contributed by atoms with Crippen molar-refractivity contribution in [3.8, 4) is 11.5 Å². The Morgan fingerprint density at radius 3 is 1.63 bits per heavy atom. The van der Waals surface area contributed by atoms with Gasteiger partial charge in [0.1, 0.15) is 31.3 Å². The van der Waals surface area contributed by atoms with Gasteiger partial charge in [-0.1, -0.05) is 64.6 Å². The monoisotopic (exact) mass is 566 g/mol. The smallest absolute Gasteiger partial charge is 0.330 e. The first-order valence-electron chi connectivity index (χ1n) is 14.4. The molecular weight excluding hydrogens is 520 g/mol. The molecule has 2 aromatic carbocycles. The van der Waals surface area contributed by atoms with E-state index < -0.39 is 5.97 Å². The van der Waals surface area contributed by atoms with Crippen LogP contribution in [-0.2, 0) is 29.2 Å². The van der Waals surface area contributed by atoms with Crippen LogP contribution in [0.4, 0.5) is 0 Å². The Hall–Kier alpha value is -3.42. The SMILES string of the molecule is C=CC(=O)C1CCC1.C=CC(=O)OCCOCCOc1ccc(C(C)(C)c2ccc(OCCOCCC)cc2)cc1. The lowest BCUT2D eigenvalue weighted by Crippen LogP contribution is -2.19. The first-order valence-corrected chi connectivity index (χ1v) is 14.4. The molecule has 224 valence electrons. The number of carbonyl (C=O) groups excluding carboxylic acids is 2. The van der Waals surface area contributed by atoms with Crippen molar-refractivity contribution in [1.29, 1.82) is 0 Å². The summed E-state index contributed by atoms with van der Waals surface area (Å²) < 4.78 is 27.1. The fourth-order valence-corrected chi connectivity index (χ4v) is 4.01. The first-order chi connectivity index (χ1) is 19.8. The molecular formula is C34H46O7. The summed E-state index contributed by atoms with van der Waals surface area (Å²) in [6.07, 6.45) is 6.98. The second kappa shape index (κ2) is 18.8. The van der Waals surface area contributed by atoms with E-state index in [0.29, 0.717) is 39.0 Å². The van der Waals surface area contributed by atoms with Crippen LogP contribution >= 0.6 is 0 Å². The third-order valence-corrected chi connectivity index (χ3v) is 6.84. The largest absolute Gasteiger partial charge is 0.491 e. The summed E-state index contributed by atoms with van der Waals surface area (Å²) in [6, 6.07) is 16.3. The molecule has 0 amide bonds. The predicted octanol–water partition coefficient (Wildman–Crippen LogP) is 6.48. The van der Waals surface area contributed by atoms with Gasteiger partial charge in [0.05, 0.1) is 19.8 Å². The van der Waals surface area contributed by atoms with Crippen molar-refractivity contribution in [3.63, 3.8) is 0 Å². The second-order valence-electron chi connectivity index (χ2n) is 10.2. The van der Waals surface area contributed by atoms with Crippen molar-refractivity contribution in [2.24, 2.45) is 5.92 Å². The van der Waals surface area contributed by atoms with Gasteiger partial charge in [-0.3, -0.25) is 4.79 Å². The van der Waals surface area contributed by atoms with Crippen molar-refractivity contribution in [2.75, 3.05) is 46.2 Å². The van der Waals surface area contributed by atoms with Gasteiger partial charge in [-0.25, -0.2) is 4.79 Å². The number of carbonyl (C=O) groups is 2. The maximum absolute atomic E-state index is 10.9. The average molecular weight is 567 g/mol. The van der Waals surface area contributed by atoms with Crippen molar-refractivity contribution >= 4 is 11.8 Å². The molecule has 0 atom stereocenters. The Labute approximate surface area is 245 Å². The van der Waals surface area contributed by atoms with Gasteiger partial charge < -0.3 is 23.7 Å². The summed E-state index contributed by atoms with van der Waals surface area (Å²) in [7, 11) is 0. The highest BCUT2D eigenvalue weighted by atomic mass is 16.6. The molecule has 41 heavy (non-hydrogen) atoms. The lowest BCUT2D eigenvalue weighted by atomic mass is 9.78. The first kappa shape index (κ1) is 33.8. The number of esters is 1. The van der Waals surface area contributed by atoms with E-state index in [9.17, 15) is 9.59 Å². The maximum Gasteiger partial charge on any atom is 0.330 e. The van der Waals surface area contributed by atoms with Gasteiger partial charge in [-0.05, 0) is 60.7 Å². The highest BCUT2D eigenvalue weighted by molar-refractivity contribution is 5.91. The molecule has 0 aromatic heterocycles. The summed E-state index contributed by atoms with van der Waals surface area (Å²) in [4.78, 5) is 21.6. The summed E-state index contributed by atoms with van der Waals surface area (Å²) in [5, 5.41) is 0. The Morgan fingerprint density at radius 2 is 1.24 bits per heavy atom.